The van der Waals surface area contributed by atoms with Crippen LogP contribution in [-0.2, 0) is 4.79 Å². The molecule has 0 bridgehead atoms. The fourth-order valence-corrected chi connectivity index (χ4v) is 2.84. The Morgan fingerprint density at radius 3 is 2.58 bits per heavy atom. The maximum Gasteiger partial charge on any atom is 0.250 e. The van der Waals surface area contributed by atoms with Crippen LogP contribution in [0.5, 0.6) is 0 Å². The van der Waals surface area contributed by atoms with E-state index in [0.29, 0.717) is 5.56 Å². The highest BCUT2D eigenvalue weighted by atomic mass is 16.1. The zero-order valence-corrected chi connectivity index (χ0v) is 14.4. The number of rotatable bonds is 6. The van der Waals surface area contributed by atoms with Crippen LogP contribution >= 0.6 is 0 Å². The van der Waals surface area contributed by atoms with Gasteiger partial charge in [0, 0.05) is 37.4 Å². The lowest BCUT2D eigenvalue weighted by Crippen LogP contribution is -2.44. The van der Waals surface area contributed by atoms with E-state index in [1.807, 2.05) is 43.3 Å². The zero-order chi connectivity index (χ0) is 17.5. The molecule has 1 aliphatic rings. The largest absolute Gasteiger partial charge is 0.371 e. The van der Waals surface area contributed by atoms with Crippen molar-refractivity contribution in [2.75, 3.05) is 38.6 Å². The maximum atomic E-state index is 11.9. The Hall–Kier alpha value is -2.34. The number of carbonyl (C=O) groups is 2. The predicted octanol–water partition coefficient (Wildman–Crippen LogP) is 0.988. The van der Waals surface area contributed by atoms with Crippen LogP contribution in [0, 0.1) is 0 Å². The Balaban J connectivity index is 1.87. The molecule has 0 spiro atoms. The van der Waals surface area contributed by atoms with Crippen molar-refractivity contribution in [3.8, 4) is 0 Å². The summed E-state index contributed by atoms with van der Waals surface area (Å²) in [6.07, 6.45) is 5.14. The van der Waals surface area contributed by atoms with E-state index >= 15 is 0 Å². The summed E-state index contributed by atoms with van der Waals surface area (Å²) in [5.74, 6) is -0.458. The average Bonchev–Trinajstić information content (AvgIpc) is 2.55. The number of nitrogens with zero attached hydrogens (tertiary/aromatic N) is 2. The average molecular weight is 330 g/mol. The second-order valence-electron chi connectivity index (χ2n) is 6.32. The van der Waals surface area contributed by atoms with Crippen LogP contribution in [0.4, 0.5) is 5.69 Å². The first-order chi connectivity index (χ1) is 11.5. The molecule has 2 amide bonds. The Morgan fingerprint density at radius 1 is 1.29 bits per heavy atom. The minimum Gasteiger partial charge on any atom is -0.371 e. The van der Waals surface area contributed by atoms with E-state index in [2.05, 4.69) is 10.2 Å². The number of nitrogens with two attached hydrogens (primary N) is 1. The van der Waals surface area contributed by atoms with E-state index in [0.717, 1.165) is 38.2 Å². The summed E-state index contributed by atoms with van der Waals surface area (Å²) in [6, 6.07) is 7.56. The second-order valence-corrected chi connectivity index (χ2v) is 6.32. The molecule has 3 N–H and O–H groups in total. The third kappa shape index (κ3) is 5.09. The molecule has 0 aromatic heterocycles. The van der Waals surface area contributed by atoms with Crippen molar-refractivity contribution in [1.29, 1.82) is 0 Å². The van der Waals surface area contributed by atoms with Crippen molar-refractivity contribution < 1.29 is 9.59 Å². The number of piperidine rings is 1. The van der Waals surface area contributed by atoms with Crippen LogP contribution in [0.3, 0.4) is 0 Å². The SMILES string of the molecule is CN(C)C/C=C/C(=O)NC1CCN(c2ccccc2C(N)=O)CC1. The fourth-order valence-electron chi connectivity index (χ4n) is 2.84. The molecule has 0 atom stereocenters. The predicted molar refractivity (Wildman–Crippen MR) is 96.0 cm³/mol. The summed E-state index contributed by atoms with van der Waals surface area (Å²) >= 11 is 0. The lowest BCUT2D eigenvalue weighted by atomic mass is 10.0. The van der Waals surface area contributed by atoms with Crippen molar-refractivity contribution in [3.63, 3.8) is 0 Å². The smallest absolute Gasteiger partial charge is 0.250 e. The highest BCUT2D eigenvalue weighted by Gasteiger charge is 2.22. The summed E-state index contributed by atoms with van der Waals surface area (Å²) < 4.78 is 0. The Labute approximate surface area is 143 Å². The minimum absolute atomic E-state index is 0.0483. The Morgan fingerprint density at radius 2 is 1.96 bits per heavy atom. The van der Waals surface area contributed by atoms with Gasteiger partial charge in [-0.15, -0.1) is 0 Å². The number of anilines is 1. The van der Waals surface area contributed by atoms with Crippen LogP contribution in [-0.4, -0.2) is 56.5 Å². The topological polar surface area (TPSA) is 78.7 Å². The lowest BCUT2D eigenvalue weighted by molar-refractivity contribution is -0.117. The molecule has 0 unspecified atom stereocenters. The van der Waals surface area contributed by atoms with E-state index < -0.39 is 5.91 Å². The third-order valence-electron chi connectivity index (χ3n) is 4.09. The highest BCUT2D eigenvalue weighted by Crippen LogP contribution is 2.23. The Kier molecular flexibility index (Phi) is 6.37. The van der Waals surface area contributed by atoms with Gasteiger partial charge in [-0.25, -0.2) is 0 Å². The summed E-state index contributed by atoms with van der Waals surface area (Å²) in [6.45, 7) is 2.32. The monoisotopic (exact) mass is 330 g/mol. The molecule has 0 aliphatic carbocycles. The van der Waals surface area contributed by atoms with Gasteiger partial charge in [0.1, 0.15) is 0 Å². The summed E-state index contributed by atoms with van der Waals surface area (Å²) in [5.41, 5.74) is 6.87. The zero-order valence-electron chi connectivity index (χ0n) is 14.4. The normalized spacial score (nSPS) is 15.9. The van der Waals surface area contributed by atoms with Crippen molar-refractivity contribution in [2.45, 2.75) is 18.9 Å². The summed E-state index contributed by atoms with van der Waals surface area (Å²) in [7, 11) is 3.92. The minimum atomic E-state index is -0.410. The molecule has 6 heteroatoms. The van der Waals surface area contributed by atoms with Gasteiger partial charge in [0.15, 0.2) is 0 Å². The van der Waals surface area contributed by atoms with Crippen molar-refractivity contribution >= 4 is 17.5 Å². The van der Waals surface area contributed by atoms with Crippen LogP contribution in [0.25, 0.3) is 0 Å². The van der Waals surface area contributed by atoms with E-state index in [4.69, 9.17) is 5.73 Å². The summed E-state index contributed by atoms with van der Waals surface area (Å²) in [4.78, 5) is 27.6. The van der Waals surface area contributed by atoms with Gasteiger partial charge in [0.05, 0.1) is 5.56 Å². The first-order valence-electron chi connectivity index (χ1n) is 8.23. The van der Waals surface area contributed by atoms with E-state index in [-0.39, 0.29) is 11.9 Å². The number of carbonyl (C=O) groups excluding carboxylic acids is 2. The molecular formula is C18H26N4O2. The molecule has 1 saturated heterocycles. The second kappa shape index (κ2) is 8.49. The van der Waals surface area contributed by atoms with E-state index in [1.165, 1.54) is 0 Å². The number of likely N-dealkylation sites (N-methyl/N-ethyl adjacent to an activating group) is 1. The van der Waals surface area contributed by atoms with Gasteiger partial charge in [-0.3, -0.25) is 9.59 Å². The van der Waals surface area contributed by atoms with Gasteiger partial charge < -0.3 is 20.9 Å². The number of primary amides is 1. The molecule has 1 fully saturated rings. The first-order valence-corrected chi connectivity index (χ1v) is 8.23. The highest BCUT2D eigenvalue weighted by molar-refractivity contribution is 5.98. The molecule has 1 heterocycles. The van der Waals surface area contributed by atoms with Gasteiger partial charge in [-0.05, 0) is 39.1 Å². The molecule has 2 rings (SSSR count). The van der Waals surface area contributed by atoms with Crippen LogP contribution in [0.15, 0.2) is 36.4 Å². The van der Waals surface area contributed by atoms with Crippen molar-refractivity contribution in [2.24, 2.45) is 5.73 Å². The van der Waals surface area contributed by atoms with Crippen LogP contribution in [0.1, 0.15) is 23.2 Å². The molecule has 0 radical (unpaired) electrons. The van der Waals surface area contributed by atoms with Gasteiger partial charge in [0.2, 0.25) is 5.91 Å². The van der Waals surface area contributed by atoms with Gasteiger partial charge >= 0.3 is 0 Å². The maximum absolute atomic E-state index is 11.9. The van der Waals surface area contributed by atoms with Gasteiger partial charge in [-0.2, -0.15) is 0 Å². The quantitative estimate of drug-likeness (QED) is 0.763. The number of hydrogen-bond donors (Lipinski definition) is 2. The molecule has 1 aromatic carbocycles. The molecule has 1 aromatic rings. The van der Waals surface area contributed by atoms with Crippen LogP contribution in [0.2, 0.25) is 0 Å². The number of nitrogens with one attached hydrogen (secondary N) is 1. The van der Waals surface area contributed by atoms with Gasteiger partial charge in [0.25, 0.3) is 5.91 Å². The molecule has 6 nitrogen and oxygen atoms in total. The van der Waals surface area contributed by atoms with Crippen molar-refractivity contribution in [1.82, 2.24) is 10.2 Å². The standard InChI is InChI=1S/C18H26N4O2/c1-21(2)11-5-8-17(23)20-14-9-12-22(13-10-14)16-7-4-3-6-15(16)18(19)24/h3-8,14H,9-13H2,1-2H3,(H2,19,24)(H,20,23)/b8-5+. The molecule has 130 valence electrons. The Bertz CT molecular complexity index is 605. The number of amides is 2. The number of hydrogen-bond acceptors (Lipinski definition) is 4. The number of para-hydroxylation sites is 1. The lowest BCUT2D eigenvalue weighted by Gasteiger charge is -2.34. The molecule has 1 aliphatic heterocycles. The van der Waals surface area contributed by atoms with E-state index in [1.54, 1.807) is 12.1 Å². The molecular weight excluding hydrogens is 304 g/mol. The molecule has 0 saturated carbocycles. The number of benzene rings is 1. The first kappa shape index (κ1) is 18.0. The third-order valence-corrected chi connectivity index (χ3v) is 4.09. The van der Waals surface area contributed by atoms with Gasteiger partial charge in [-0.1, -0.05) is 18.2 Å². The molecule has 24 heavy (non-hydrogen) atoms. The fraction of sp³-hybridized carbons (Fsp3) is 0.444. The van der Waals surface area contributed by atoms with Crippen LogP contribution < -0.4 is 16.0 Å². The summed E-state index contributed by atoms with van der Waals surface area (Å²) in [5, 5.41) is 3.04. The van der Waals surface area contributed by atoms with Crippen molar-refractivity contribution in [3.05, 3.63) is 42.0 Å². The van der Waals surface area contributed by atoms with E-state index in [9.17, 15) is 9.59 Å².